The lowest BCUT2D eigenvalue weighted by Gasteiger charge is -2.28. The lowest BCUT2D eigenvalue weighted by atomic mass is 9.84. The molecule has 0 saturated carbocycles. The lowest BCUT2D eigenvalue weighted by Crippen LogP contribution is -2.31. The van der Waals surface area contributed by atoms with Crippen LogP contribution < -0.4 is 0 Å². The van der Waals surface area contributed by atoms with Crippen molar-refractivity contribution in [1.82, 2.24) is 4.90 Å². The minimum Gasteiger partial charge on any atom is -0.468 e. The van der Waals surface area contributed by atoms with E-state index in [-0.39, 0.29) is 23.0 Å². The van der Waals surface area contributed by atoms with Crippen molar-refractivity contribution in [2.75, 3.05) is 13.2 Å². The second-order valence-corrected chi connectivity index (χ2v) is 8.88. The van der Waals surface area contributed by atoms with Gasteiger partial charge in [0.05, 0.1) is 25.5 Å². The second kappa shape index (κ2) is 10.2. The Balaban J connectivity index is 1.46. The Bertz CT molecular complexity index is 1200. The lowest BCUT2D eigenvalue weighted by molar-refractivity contribution is 0.0605. The molecule has 2 aromatic heterocycles. The summed E-state index contributed by atoms with van der Waals surface area (Å²) in [7, 11) is 0. The molecule has 0 radical (unpaired) electrons. The number of hydrogen-bond acceptors (Lipinski definition) is 5. The molecule has 1 saturated heterocycles. The fourth-order valence-electron chi connectivity index (χ4n) is 4.64. The van der Waals surface area contributed by atoms with E-state index < -0.39 is 17.2 Å². The van der Waals surface area contributed by atoms with Gasteiger partial charge in [-0.3, -0.25) is 4.90 Å². The molecule has 3 heterocycles. The number of furan rings is 2. The van der Waals surface area contributed by atoms with E-state index >= 15 is 0 Å². The minimum atomic E-state index is -1.87. The first kappa shape index (κ1) is 23.5. The SMILES string of the molecule is OC(c1cccc(F)c1)(c1cccc(F)c1)c1ccc(CN(Cc2ccco2)C[C@@H]2CCCO2)o1. The second-order valence-electron chi connectivity index (χ2n) is 8.88. The van der Waals surface area contributed by atoms with Crippen molar-refractivity contribution in [3.8, 4) is 0 Å². The molecule has 1 fully saturated rings. The summed E-state index contributed by atoms with van der Waals surface area (Å²) in [6, 6.07) is 18.4. The molecule has 1 atom stereocenters. The van der Waals surface area contributed by atoms with Gasteiger partial charge in [-0.25, -0.2) is 8.78 Å². The van der Waals surface area contributed by atoms with Gasteiger partial charge in [0.15, 0.2) is 5.60 Å². The van der Waals surface area contributed by atoms with Gasteiger partial charge in [-0.1, -0.05) is 24.3 Å². The Kier molecular flexibility index (Phi) is 6.81. The van der Waals surface area contributed by atoms with Gasteiger partial charge in [0, 0.05) is 13.2 Å². The smallest absolute Gasteiger partial charge is 0.173 e. The van der Waals surface area contributed by atoms with Gasteiger partial charge in [0.1, 0.15) is 28.9 Å². The summed E-state index contributed by atoms with van der Waals surface area (Å²) in [4.78, 5) is 2.17. The number of benzene rings is 2. The van der Waals surface area contributed by atoms with E-state index in [4.69, 9.17) is 13.6 Å². The Morgan fingerprint density at radius 3 is 2.20 bits per heavy atom. The predicted molar refractivity (Wildman–Crippen MR) is 125 cm³/mol. The van der Waals surface area contributed by atoms with Crippen LogP contribution in [0.15, 0.2) is 87.9 Å². The zero-order valence-electron chi connectivity index (χ0n) is 19.2. The summed E-state index contributed by atoms with van der Waals surface area (Å²) in [5.41, 5.74) is -1.38. The number of aliphatic hydroxyl groups is 1. The normalized spacial score (nSPS) is 16.3. The van der Waals surface area contributed by atoms with E-state index in [0.29, 0.717) is 25.4 Å². The molecule has 1 N–H and O–H groups in total. The van der Waals surface area contributed by atoms with Gasteiger partial charge in [-0.2, -0.15) is 0 Å². The average molecular weight is 480 g/mol. The van der Waals surface area contributed by atoms with Crippen LogP contribution in [0.3, 0.4) is 0 Å². The molecule has 0 unspecified atom stereocenters. The highest BCUT2D eigenvalue weighted by atomic mass is 19.1. The van der Waals surface area contributed by atoms with E-state index in [9.17, 15) is 13.9 Å². The third-order valence-electron chi connectivity index (χ3n) is 6.33. The zero-order valence-corrected chi connectivity index (χ0v) is 19.2. The van der Waals surface area contributed by atoms with Crippen LogP contribution in [0.4, 0.5) is 8.78 Å². The maximum Gasteiger partial charge on any atom is 0.173 e. The molecule has 0 spiro atoms. The molecule has 1 aliphatic rings. The Morgan fingerprint density at radius 1 is 0.886 bits per heavy atom. The van der Waals surface area contributed by atoms with Crippen molar-refractivity contribution < 1.29 is 27.5 Å². The average Bonchev–Trinajstić information content (AvgIpc) is 3.62. The van der Waals surface area contributed by atoms with Gasteiger partial charge in [-0.05, 0) is 72.5 Å². The van der Waals surface area contributed by atoms with Crippen molar-refractivity contribution >= 4 is 0 Å². The minimum absolute atomic E-state index is 0.135. The third kappa shape index (κ3) is 5.22. The molecule has 7 heteroatoms. The first-order valence-corrected chi connectivity index (χ1v) is 11.7. The van der Waals surface area contributed by atoms with Crippen molar-refractivity contribution in [3.63, 3.8) is 0 Å². The molecule has 2 aromatic carbocycles. The molecule has 4 aromatic rings. The first-order chi connectivity index (χ1) is 17.0. The van der Waals surface area contributed by atoms with Gasteiger partial charge < -0.3 is 18.7 Å². The van der Waals surface area contributed by atoms with Crippen LogP contribution in [0.1, 0.15) is 41.2 Å². The first-order valence-electron chi connectivity index (χ1n) is 11.7. The fraction of sp³-hybridized carbons (Fsp3) is 0.286. The van der Waals surface area contributed by atoms with Gasteiger partial charge >= 0.3 is 0 Å². The van der Waals surface area contributed by atoms with Gasteiger partial charge in [-0.15, -0.1) is 0 Å². The van der Waals surface area contributed by atoms with Crippen molar-refractivity contribution in [3.05, 3.63) is 119 Å². The van der Waals surface area contributed by atoms with E-state index in [1.165, 1.54) is 36.4 Å². The van der Waals surface area contributed by atoms with Crippen LogP contribution in [0, 0.1) is 11.6 Å². The van der Waals surface area contributed by atoms with Gasteiger partial charge in [0.25, 0.3) is 0 Å². The van der Waals surface area contributed by atoms with Crippen LogP contribution in [-0.2, 0) is 23.4 Å². The van der Waals surface area contributed by atoms with E-state index in [0.717, 1.165) is 25.2 Å². The van der Waals surface area contributed by atoms with Crippen LogP contribution in [0.25, 0.3) is 0 Å². The summed E-state index contributed by atoms with van der Waals surface area (Å²) in [6.07, 6.45) is 3.81. The molecule has 1 aliphatic heterocycles. The molecule has 0 bridgehead atoms. The monoisotopic (exact) mass is 479 g/mol. The van der Waals surface area contributed by atoms with Crippen molar-refractivity contribution in [1.29, 1.82) is 0 Å². The number of ether oxygens (including phenoxy) is 1. The Hall–Kier alpha value is -3.26. The summed E-state index contributed by atoms with van der Waals surface area (Å²) >= 11 is 0. The fourth-order valence-corrected chi connectivity index (χ4v) is 4.64. The zero-order chi connectivity index (χ0) is 24.3. The van der Waals surface area contributed by atoms with Crippen LogP contribution in [0.2, 0.25) is 0 Å². The summed E-state index contributed by atoms with van der Waals surface area (Å²) in [5, 5.41) is 11.9. The van der Waals surface area contributed by atoms with E-state index in [1.807, 2.05) is 12.1 Å². The summed E-state index contributed by atoms with van der Waals surface area (Å²) in [6.45, 7) is 2.48. The van der Waals surface area contributed by atoms with E-state index in [2.05, 4.69) is 4.90 Å². The van der Waals surface area contributed by atoms with E-state index in [1.54, 1.807) is 30.5 Å². The molecule has 182 valence electrons. The maximum atomic E-state index is 14.1. The largest absolute Gasteiger partial charge is 0.468 e. The highest BCUT2D eigenvalue weighted by Gasteiger charge is 2.38. The number of nitrogens with zero attached hydrogens (tertiary/aromatic N) is 1. The Labute approximate surface area is 202 Å². The standard InChI is InChI=1S/C28H27F2NO4/c29-22-7-1-5-20(15-22)28(32,21-6-2-8-23(30)16-21)27-12-11-26(35-27)19-31(17-24-9-3-13-33-24)18-25-10-4-14-34-25/h1-3,5-9,11-13,15-16,25,32H,4,10,14,17-19H2/t25-/m0/s1. The van der Waals surface area contributed by atoms with Crippen LogP contribution in [0.5, 0.6) is 0 Å². The number of halogens is 2. The quantitative estimate of drug-likeness (QED) is 0.338. The predicted octanol–water partition coefficient (Wildman–Crippen LogP) is 5.62. The third-order valence-corrected chi connectivity index (χ3v) is 6.33. The van der Waals surface area contributed by atoms with Crippen LogP contribution >= 0.6 is 0 Å². The summed E-state index contributed by atoms with van der Waals surface area (Å²) < 4.78 is 45.7. The highest BCUT2D eigenvalue weighted by molar-refractivity contribution is 5.44. The van der Waals surface area contributed by atoms with Crippen molar-refractivity contribution in [2.24, 2.45) is 0 Å². The van der Waals surface area contributed by atoms with Crippen LogP contribution in [-0.4, -0.2) is 29.3 Å². The molecule has 5 nitrogen and oxygen atoms in total. The topological polar surface area (TPSA) is 59.0 Å². The molecule has 35 heavy (non-hydrogen) atoms. The summed E-state index contributed by atoms with van der Waals surface area (Å²) in [5.74, 6) is 0.593. The molecule has 5 rings (SSSR count). The Morgan fingerprint density at radius 2 is 1.60 bits per heavy atom. The molecule has 0 amide bonds. The molecule has 0 aliphatic carbocycles. The highest BCUT2D eigenvalue weighted by Crippen LogP contribution is 2.38. The molecular weight excluding hydrogens is 452 g/mol. The maximum absolute atomic E-state index is 14.1. The van der Waals surface area contributed by atoms with Crippen molar-refractivity contribution in [2.45, 2.75) is 37.6 Å². The molecular formula is C28H27F2NO4. The number of rotatable bonds is 9. The van der Waals surface area contributed by atoms with Gasteiger partial charge in [0.2, 0.25) is 0 Å². The number of hydrogen-bond donors (Lipinski definition) is 1.